The predicted octanol–water partition coefficient (Wildman–Crippen LogP) is 10.1. The Morgan fingerprint density at radius 2 is 1.62 bits per heavy atom. The minimum absolute atomic E-state index is 0.0311. The zero-order chi connectivity index (χ0) is 26.8. The van der Waals surface area contributed by atoms with E-state index in [2.05, 4.69) is 54.5 Å². The summed E-state index contributed by atoms with van der Waals surface area (Å²) in [6.07, 6.45) is 22.5. The van der Waals surface area contributed by atoms with E-state index in [0.717, 1.165) is 42.9 Å². The molecule has 8 atom stereocenters. The Balaban J connectivity index is 1.57. The molecular weight excluding hydrogens is 452 g/mol. The molecule has 0 N–H and O–H groups in total. The zero-order valence-corrected chi connectivity index (χ0v) is 25.7. The van der Waals surface area contributed by atoms with Crippen LogP contribution in [0.4, 0.5) is 0 Å². The van der Waals surface area contributed by atoms with Gasteiger partial charge in [0.1, 0.15) is 0 Å². The lowest BCUT2D eigenvalue weighted by Crippen LogP contribution is -2.58. The van der Waals surface area contributed by atoms with Crippen LogP contribution in [0.15, 0.2) is 11.6 Å². The summed E-state index contributed by atoms with van der Waals surface area (Å²) in [4.78, 5) is 12.3. The lowest BCUT2D eigenvalue weighted by molar-refractivity contribution is -0.206. The highest BCUT2D eigenvalue weighted by Gasteiger charge is 2.66. The van der Waals surface area contributed by atoms with Crippen LogP contribution in [0.5, 0.6) is 0 Å². The first kappa shape index (κ1) is 29.4. The fourth-order valence-corrected chi connectivity index (χ4v) is 10.1. The molecule has 4 rings (SSSR count). The van der Waals surface area contributed by atoms with E-state index in [1.54, 1.807) is 0 Å². The third kappa shape index (κ3) is 5.53. The maximum absolute atomic E-state index is 12.3. The third-order valence-corrected chi connectivity index (χ3v) is 12.2. The van der Waals surface area contributed by atoms with Crippen molar-refractivity contribution in [3.8, 4) is 0 Å². The van der Waals surface area contributed by atoms with Crippen molar-refractivity contribution in [2.24, 2.45) is 40.4 Å². The first-order chi connectivity index (χ1) is 17.6. The molecular formula is C35H60O2. The Labute approximate surface area is 230 Å². The van der Waals surface area contributed by atoms with Crippen molar-refractivity contribution in [3.05, 3.63) is 11.6 Å². The number of allylic oxidation sites excluding steroid dienone is 1. The van der Waals surface area contributed by atoms with E-state index in [9.17, 15) is 4.79 Å². The molecule has 0 heterocycles. The minimum atomic E-state index is 0.0311. The van der Waals surface area contributed by atoms with Crippen LogP contribution in [0.25, 0.3) is 0 Å². The lowest BCUT2D eigenvalue weighted by atomic mass is 9.45. The van der Waals surface area contributed by atoms with E-state index in [1.165, 1.54) is 89.0 Å². The Hall–Kier alpha value is -0.630. The van der Waals surface area contributed by atoms with E-state index in [-0.39, 0.29) is 16.4 Å². The minimum Gasteiger partial charge on any atom is -0.371 e. The van der Waals surface area contributed by atoms with Gasteiger partial charge in [-0.25, -0.2) is 0 Å². The maximum Gasteiger partial charge on any atom is 0.155 e. The molecule has 0 amide bonds. The topological polar surface area (TPSA) is 26.3 Å². The zero-order valence-electron chi connectivity index (χ0n) is 25.7. The Kier molecular flexibility index (Phi) is 9.40. The van der Waals surface area contributed by atoms with Gasteiger partial charge in [0, 0.05) is 6.42 Å². The second-order valence-electron chi connectivity index (χ2n) is 14.9. The standard InChI is InChI=1S/C35H60O2/c1-8-9-10-11-15-27(5)37-35(26(4)14-12-13-25(2)3)23-20-32-30-17-16-28-24-29(36)18-21-33(28,6)31(30)19-22-34(32,35)7/h24-27,30-32H,8-23H2,1-7H3/t26-,27?,30-,31+,32+,33+,34+,35+/m1/s1. The van der Waals surface area contributed by atoms with Gasteiger partial charge < -0.3 is 4.74 Å². The summed E-state index contributed by atoms with van der Waals surface area (Å²) in [6.45, 7) is 17.2. The fourth-order valence-electron chi connectivity index (χ4n) is 10.1. The summed E-state index contributed by atoms with van der Waals surface area (Å²) in [5.41, 5.74) is 2.07. The second kappa shape index (κ2) is 11.9. The molecule has 37 heavy (non-hydrogen) atoms. The number of rotatable bonds is 12. The Morgan fingerprint density at radius 3 is 2.35 bits per heavy atom. The van der Waals surface area contributed by atoms with E-state index >= 15 is 0 Å². The van der Waals surface area contributed by atoms with Crippen molar-refractivity contribution in [1.29, 1.82) is 0 Å². The number of fused-ring (bicyclic) bond motifs is 5. The van der Waals surface area contributed by atoms with Crippen LogP contribution in [0.3, 0.4) is 0 Å². The lowest BCUT2D eigenvalue weighted by Gasteiger charge is -2.61. The van der Waals surface area contributed by atoms with Gasteiger partial charge in [-0.3, -0.25) is 4.79 Å². The largest absolute Gasteiger partial charge is 0.371 e. The van der Waals surface area contributed by atoms with Crippen LogP contribution in [0, 0.1) is 40.4 Å². The van der Waals surface area contributed by atoms with Gasteiger partial charge in [0.25, 0.3) is 0 Å². The van der Waals surface area contributed by atoms with E-state index in [0.29, 0.717) is 17.8 Å². The predicted molar refractivity (Wildman–Crippen MR) is 157 cm³/mol. The number of ketones is 1. The van der Waals surface area contributed by atoms with Crippen molar-refractivity contribution in [3.63, 3.8) is 0 Å². The Morgan fingerprint density at radius 1 is 0.865 bits per heavy atom. The molecule has 3 saturated carbocycles. The Bertz CT molecular complexity index is 812. The normalized spacial score (nSPS) is 39.1. The quantitative estimate of drug-likeness (QED) is 0.243. The fraction of sp³-hybridized carbons (Fsp3) is 0.914. The van der Waals surface area contributed by atoms with Crippen molar-refractivity contribution in [1.82, 2.24) is 0 Å². The molecule has 0 bridgehead atoms. The molecule has 1 unspecified atom stereocenters. The van der Waals surface area contributed by atoms with Crippen LogP contribution >= 0.6 is 0 Å². The van der Waals surface area contributed by atoms with Gasteiger partial charge in [0.05, 0.1) is 11.7 Å². The van der Waals surface area contributed by atoms with Gasteiger partial charge in [-0.05, 0) is 111 Å². The summed E-state index contributed by atoms with van der Waals surface area (Å²) in [6, 6.07) is 0. The van der Waals surface area contributed by atoms with Crippen LogP contribution in [0.2, 0.25) is 0 Å². The molecule has 0 spiro atoms. The molecule has 4 aliphatic rings. The first-order valence-electron chi connectivity index (χ1n) is 16.5. The number of carbonyl (C=O) groups excluding carboxylic acids is 1. The second-order valence-corrected chi connectivity index (χ2v) is 14.9. The smallest absolute Gasteiger partial charge is 0.155 e. The highest BCUT2D eigenvalue weighted by Crippen LogP contribution is 2.70. The molecule has 0 aliphatic heterocycles. The van der Waals surface area contributed by atoms with E-state index < -0.39 is 0 Å². The summed E-state index contributed by atoms with van der Waals surface area (Å²) in [5.74, 6) is 4.14. The molecule has 3 fully saturated rings. The molecule has 0 aromatic heterocycles. The SMILES string of the molecule is CCCCCCC(C)O[C@]1([C@H](C)CCCC(C)C)CC[C@H]2[C@@H]3CCC4=CC(=O)CC[C@]4(C)[C@H]3CC[C@@]21C. The maximum atomic E-state index is 12.3. The van der Waals surface area contributed by atoms with Gasteiger partial charge in [0.15, 0.2) is 5.78 Å². The van der Waals surface area contributed by atoms with E-state index in [1.807, 2.05) is 0 Å². The van der Waals surface area contributed by atoms with Gasteiger partial charge in [0.2, 0.25) is 0 Å². The summed E-state index contributed by atoms with van der Waals surface area (Å²) >= 11 is 0. The molecule has 0 aromatic rings. The highest BCUT2D eigenvalue weighted by atomic mass is 16.5. The van der Waals surface area contributed by atoms with Gasteiger partial charge in [-0.2, -0.15) is 0 Å². The van der Waals surface area contributed by atoms with Crippen LogP contribution in [-0.2, 0) is 9.53 Å². The van der Waals surface area contributed by atoms with Gasteiger partial charge >= 0.3 is 0 Å². The molecule has 2 nitrogen and oxygen atoms in total. The molecule has 0 aromatic carbocycles. The van der Waals surface area contributed by atoms with Crippen LogP contribution < -0.4 is 0 Å². The van der Waals surface area contributed by atoms with Crippen LogP contribution in [-0.4, -0.2) is 17.5 Å². The van der Waals surface area contributed by atoms with Gasteiger partial charge in [-0.15, -0.1) is 0 Å². The van der Waals surface area contributed by atoms with Crippen LogP contribution in [0.1, 0.15) is 151 Å². The first-order valence-corrected chi connectivity index (χ1v) is 16.5. The number of carbonyl (C=O) groups is 1. The summed E-state index contributed by atoms with van der Waals surface area (Å²) in [5, 5.41) is 0. The molecule has 2 heteroatoms. The molecule has 0 radical (unpaired) electrons. The van der Waals surface area contributed by atoms with Gasteiger partial charge in [-0.1, -0.05) is 85.6 Å². The van der Waals surface area contributed by atoms with Crippen molar-refractivity contribution in [2.45, 2.75) is 163 Å². The highest BCUT2D eigenvalue weighted by molar-refractivity contribution is 5.91. The number of hydrogen-bond acceptors (Lipinski definition) is 2. The summed E-state index contributed by atoms with van der Waals surface area (Å²) in [7, 11) is 0. The average molecular weight is 513 g/mol. The molecule has 0 saturated heterocycles. The number of unbranched alkanes of at least 4 members (excludes halogenated alkanes) is 3. The van der Waals surface area contributed by atoms with Crippen molar-refractivity contribution >= 4 is 5.78 Å². The molecule has 212 valence electrons. The van der Waals surface area contributed by atoms with Crippen molar-refractivity contribution in [2.75, 3.05) is 0 Å². The molecule has 4 aliphatic carbocycles. The monoisotopic (exact) mass is 512 g/mol. The third-order valence-electron chi connectivity index (χ3n) is 12.2. The summed E-state index contributed by atoms with van der Waals surface area (Å²) < 4.78 is 7.44. The van der Waals surface area contributed by atoms with E-state index in [4.69, 9.17) is 4.74 Å². The number of hydrogen-bond donors (Lipinski definition) is 0. The average Bonchev–Trinajstić information content (AvgIpc) is 3.15. The number of ether oxygens (including phenoxy) is 1. The van der Waals surface area contributed by atoms with Crippen molar-refractivity contribution < 1.29 is 9.53 Å².